The molecule has 0 heterocycles. The number of unbranched alkanes of at least 4 members (excludes halogenated alkanes) is 27. The Balaban J connectivity index is 4.31. The van der Waals surface area contributed by atoms with Crippen molar-refractivity contribution in [2.45, 2.75) is 271 Å². The summed E-state index contributed by atoms with van der Waals surface area (Å²) in [5, 5.41) is 0. The van der Waals surface area contributed by atoms with Gasteiger partial charge in [-0.3, -0.25) is 9.59 Å². The van der Waals surface area contributed by atoms with Crippen molar-refractivity contribution in [1.29, 1.82) is 0 Å². The third kappa shape index (κ3) is 52.0. The maximum absolute atomic E-state index is 12.8. The molecule has 0 radical (unpaired) electrons. The lowest BCUT2D eigenvalue weighted by atomic mass is 10.1. The van der Waals surface area contributed by atoms with E-state index < -0.39 is 6.10 Å². The fraction of sp³-hybridized carbons (Fsp3) is 0.763. The van der Waals surface area contributed by atoms with E-state index in [4.69, 9.17) is 14.2 Å². The average Bonchev–Trinajstić information content (AvgIpc) is 3.30. The van der Waals surface area contributed by atoms with Crippen LogP contribution >= 0.6 is 0 Å². The summed E-state index contributed by atoms with van der Waals surface area (Å²) in [6.07, 6.45) is 70.5. The van der Waals surface area contributed by atoms with E-state index in [0.29, 0.717) is 19.4 Å². The molecule has 370 valence electrons. The molecule has 0 aromatic heterocycles. The van der Waals surface area contributed by atoms with Crippen molar-refractivity contribution in [3.05, 3.63) is 72.9 Å². The smallest absolute Gasteiger partial charge is 0.306 e. The monoisotopic (exact) mass is 893 g/mol. The predicted octanol–water partition coefficient (Wildman–Crippen LogP) is 18.7. The number of carbonyl (C=O) groups excluding carboxylic acids is 2. The summed E-state index contributed by atoms with van der Waals surface area (Å²) in [5.41, 5.74) is 0. The third-order valence-corrected chi connectivity index (χ3v) is 11.7. The van der Waals surface area contributed by atoms with Crippen LogP contribution in [0.4, 0.5) is 0 Å². The first-order chi connectivity index (χ1) is 31.6. The maximum atomic E-state index is 12.8. The molecule has 0 amide bonds. The number of esters is 2. The van der Waals surface area contributed by atoms with Gasteiger partial charge in [0.05, 0.1) is 6.61 Å². The Kier molecular flexibility index (Phi) is 52.4. The number of hydrogen-bond donors (Lipinski definition) is 0. The quantitative estimate of drug-likeness (QED) is 0.0346. The standard InChI is InChI=1S/C59H104O5/c1-4-7-10-13-16-19-22-25-27-29-30-32-33-35-37-40-43-46-49-52-58(60)63-56-57(55-62-54-51-48-45-42-39-24-21-18-15-12-9-6-3)64-59(61)53-50-47-44-41-38-36-34-31-28-26-23-20-17-14-11-8-5-2/h7,10,16,19,25-28,30,32,35,37,57H,4-6,8-9,11-15,17-18,20-24,29,31,33-34,36,38-56H2,1-3H3/b10-7-,19-16-,27-25-,28-26-,32-30-,37-35-. The van der Waals surface area contributed by atoms with Gasteiger partial charge in [-0.1, -0.05) is 235 Å². The number of carbonyl (C=O) groups is 2. The van der Waals surface area contributed by atoms with Gasteiger partial charge in [0.2, 0.25) is 0 Å². The molecule has 0 N–H and O–H groups in total. The highest BCUT2D eigenvalue weighted by atomic mass is 16.6. The summed E-state index contributed by atoms with van der Waals surface area (Å²) in [5.74, 6) is -0.432. The summed E-state index contributed by atoms with van der Waals surface area (Å²) >= 11 is 0. The zero-order valence-corrected chi connectivity index (χ0v) is 42.5. The second-order valence-corrected chi connectivity index (χ2v) is 18.1. The molecule has 1 atom stereocenters. The minimum atomic E-state index is -0.552. The number of rotatable bonds is 50. The van der Waals surface area contributed by atoms with Gasteiger partial charge in [-0.05, 0) is 89.9 Å². The summed E-state index contributed by atoms with van der Waals surface area (Å²) in [4.78, 5) is 25.5. The zero-order valence-electron chi connectivity index (χ0n) is 42.5. The molecule has 5 nitrogen and oxygen atoms in total. The van der Waals surface area contributed by atoms with E-state index in [2.05, 4.69) is 93.7 Å². The number of hydrogen-bond acceptors (Lipinski definition) is 5. The van der Waals surface area contributed by atoms with Crippen LogP contribution in [-0.2, 0) is 23.8 Å². The Morgan fingerprint density at radius 3 is 1.16 bits per heavy atom. The zero-order chi connectivity index (χ0) is 46.3. The Hall–Kier alpha value is -2.66. The SMILES string of the molecule is CC/C=C\C/C=C\C/C=C\C/C=C\C/C=C\CCCCCC(=O)OCC(COCCCCCCCCCCCCCC)OC(=O)CCCCCCCCC/C=C\CCCCCCCC. The molecule has 0 rings (SSSR count). The highest BCUT2D eigenvalue weighted by Gasteiger charge is 2.17. The van der Waals surface area contributed by atoms with Gasteiger partial charge in [0.15, 0.2) is 6.10 Å². The van der Waals surface area contributed by atoms with Crippen LogP contribution in [0.15, 0.2) is 72.9 Å². The minimum absolute atomic E-state index is 0.0668. The van der Waals surface area contributed by atoms with Crippen LogP contribution in [-0.4, -0.2) is 37.9 Å². The van der Waals surface area contributed by atoms with E-state index in [-0.39, 0.29) is 25.2 Å². The maximum Gasteiger partial charge on any atom is 0.306 e. The molecule has 0 bridgehead atoms. The van der Waals surface area contributed by atoms with Crippen molar-refractivity contribution < 1.29 is 23.8 Å². The molecular weight excluding hydrogens is 789 g/mol. The second kappa shape index (κ2) is 54.7. The molecule has 1 unspecified atom stereocenters. The summed E-state index contributed by atoms with van der Waals surface area (Å²) in [7, 11) is 0. The van der Waals surface area contributed by atoms with Crippen molar-refractivity contribution >= 4 is 11.9 Å². The molecule has 5 heteroatoms. The van der Waals surface area contributed by atoms with Crippen LogP contribution < -0.4 is 0 Å². The molecule has 0 aliphatic carbocycles. The number of ether oxygens (including phenoxy) is 3. The van der Waals surface area contributed by atoms with Gasteiger partial charge >= 0.3 is 11.9 Å². The summed E-state index contributed by atoms with van der Waals surface area (Å²) in [6.45, 7) is 7.70. The summed E-state index contributed by atoms with van der Waals surface area (Å²) in [6, 6.07) is 0. The fourth-order valence-electron chi connectivity index (χ4n) is 7.65. The molecule has 0 spiro atoms. The van der Waals surface area contributed by atoms with Crippen molar-refractivity contribution in [2.24, 2.45) is 0 Å². The molecule has 0 aromatic carbocycles. The molecule has 0 aliphatic heterocycles. The van der Waals surface area contributed by atoms with E-state index in [1.807, 2.05) is 0 Å². The van der Waals surface area contributed by atoms with E-state index in [1.54, 1.807) is 0 Å². The topological polar surface area (TPSA) is 61.8 Å². The van der Waals surface area contributed by atoms with Crippen molar-refractivity contribution in [1.82, 2.24) is 0 Å². The van der Waals surface area contributed by atoms with Gasteiger partial charge in [0.1, 0.15) is 6.61 Å². The molecule has 0 saturated heterocycles. The van der Waals surface area contributed by atoms with E-state index in [0.717, 1.165) is 89.9 Å². The van der Waals surface area contributed by atoms with Gasteiger partial charge in [-0.2, -0.15) is 0 Å². The third-order valence-electron chi connectivity index (χ3n) is 11.7. The van der Waals surface area contributed by atoms with Crippen molar-refractivity contribution in [3.63, 3.8) is 0 Å². The molecule has 0 fully saturated rings. The second-order valence-electron chi connectivity index (χ2n) is 18.1. The molecule has 0 aromatic rings. The Morgan fingerprint density at radius 2 is 0.703 bits per heavy atom. The van der Waals surface area contributed by atoms with Crippen LogP contribution in [0.1, 0.15) is 265 Å². The minimum Gasteiger partial charge on any atom is -0.462 e. The normalized spacial score (nSPS) is 12.7. The van der Waals surface area contributed by atoms with Crippen LogP contribution in [0.3, 0.4) is 0 Å². The highest BCUT2D eigenvalue weighted by Crippen LogP contribution is 2.15. The van der Waals surface area contributed by atoms with Crippen LogP contribution in [0, 0.1) is 0 Å². The number of allylic oxidation sites excluding steroid dienone is 12. The fourth-order valence-corrected chi connectivity index (χ4v) is 7.65. The Morgan fingerprint density at radius 1 is 0.359 bits per heavy atom. The average molecular weight is 893 g/mol. The highest BCUT2D eigenvalue weighted by molar-refractivity contribution is 5.70. The van der Waals surface area contributed by atoms with Gasteiger partial charge in [0.25, 0.3) is 0 Å². The first-order valence-electron chi connectivity index (χ1n) is 27.5. The van der Waals surface area contributed by atoms with Crippen LogP contribution in [0.5, 0.6) is 0 Å². The lowest BCUT2D eigenvalue weighted by Crippen LogP contribution is -2.30. The van der Waals surface area contributed by atoms with Crippen LogP contribution in [0.2, 0.25) is 0 Å². The summed E-state index contributed by atoms with van der Waals surface area (Å²) < 4.78 is 17.4. The molecule has 0 aliphatic rings. The van der Waals surface area contributed by atoms with Gasteiger partial charge in [0, 0.05) is 19.4 Å². The van der Waals surface area contributed by atoms with Crippen molar-refractivity contribution in [2.75, 3.05) is 19.8 Å². The first kappa shape index (κ1) is 61.3. The van der Waals surface area contributed by atoms with Gasteiger partial charge < -0.3 is 14.2 Å². The Labute approximate surface area is 397 Å². The van der Waals surface area contributed by atoms with E-state index in [9.17, 15) is 9.59 Å². The molecular formula is C59H104O5. The lowest BCUT2D eigenvalue weighted by Gasteiger charge is -2.18. The Bertz CT molecular complexity index is 1150. The van der Waals surface area contributed by atoms with Gasteiger partial charge in [-0.25, -0.2) is 0 Å². The molecule has 64 heavy (non-hydrogen) atoms. The first-order valence-corrected chi connectivity index (χ1v) is 27.5. The van der Waals surface area contributed by atoms with E-state index in [1.165, 1.54) is 141 Å². The van der Waals surface area contributed by atoms with Crippen molar-refractivity contribution in [3.8, 4) is 0 Å². The predicted molar refractivity (Wildman–Crippen MR) is 279 cm³/mol. The largest absolute Gasteiger partial charge is 0.462 e. The molecule has 0 saturated carbocycles. The van der Waals surface area contributed by atoms with E-state index >= 15 is 0 Å². The lowest BCUT2D eigenvalue weighted by molar-refractivity contribution is -0.163. The van der Waals surface area contributed by atoms with Gasteiger partial charge in [-0.15, -0.1) is 0 Å². The van der Waals surface area contributed by atoms with Crippen LogP contribution in [0.25, 0.3) is 0 Å².